The van der Waals surface area contributed by atoms with E-state index in [2.05, 4.69) is 42.5 Å². The molecule has 2 aromatic heterocycles. The summed E-state index contributed by atoms with van der Waals surface area (Å²) in [5.41, 5.74) is 3.57. The van der Waals surface area contributed by atoms with Crippen molar-refractivity contribution in [2.75, 3.05) is 6.54 Å². The maximum Gasteiger partial charge on any atom is 0.165 e. The van der Waals surface area contributed by atoms with Crippen molar-refractivity contribution in [1.29, 1.82) is 0 Å². The van der Waals surface area contributed by atoms with Gasteiger partial charge in [0, 0.05) is 37.0 Å². The van der Waals surface area contributed by atoms with E-state index in [1.807, 2.05) is 36.0 Å². The third-order valence-electron chi connectivity index (χ3n) is 4.28. The highest BCUT2D eigenvalue weighted by atomic mass is 15.5. The van der Waals surface area contributed by atoms with E-state index in [1.54, 1.807) is 0 Å². The van der Waals surface area contributed by atoms with Crippen LogP contribution < -0.4 is 0 Å². The van der Waals surface area contributed by atoms with Crippen molar-refractivity contribution in [3.8, 4) is 0 Å². The summed E-state index contributed by atoms with van der Waals surface area (Å²) >= 11 is 0. The number of aromatic nitrogens is 6. The molecule has 1 aliphatic rings. The zero-order valence-corrected chi connectivity index (χ0v) is 13.6. The zero-order valence-electron chi connectivity index (χ0n) is 13.6. The monoisotopic (exact) mass is 321 g/mol. The summed E-state index contributed by atoms with van der Waals surface area (Å²) in [6, 6.07) is 10.2. The van der Waals surface area contributed by atoms with E-state index >= 15 is 0 Å². The lowest BCUT2D eigenvalue weighted by molar-refractivity contribution is 0.232. The van der Waals surface area contributed by atoms with Gasteiger partial charge in [0.25, 0.3) is 0 Å². The molecule has 1 aliphatic heterocycles. The van der Waals surface area contributed by atoms with Crippen LogP contribution in [0.5, 0.6) is 0 Å². The molecule has 0 saturated carbocycles. The number of hydrogen-bond donors (Lipinski definition) is 0. The van der Waals surface area contributed by atoms with Gasteiger partial charge < -0.3 is 0 Å². The molecule has 0 amide bonds. The Morgan fingerprint density at radius 1 is 1.12 bits per heavy atom. The molecule has 0 N–H and O–H groups in total. The van der Waals surface area contributed by atoms with Crippen LogP contribution in [-0.2, 0) is 26.1 Å². The van der Waals surface area contributed by atoms with Crippen LogP contribution in [-0.4, -0.2) is 41.6 Å². The Kier molecular flexibility index (Phi) is 4.00. The Morgan fingerprint density at radius 3 is 2.88 bits per heavy atom. The van der Waals surface area contributed by atoms with E-state index in [0.29, 0.717) is 6.54 Å². The average Bonchev–Trinajstić information content (AvgIpc) is 3.03. The largest absolute Gasteiger partial charge is 0.291 e. The van der Waals surface area contributed by atoms with Crippen LogP contribution in [0.3, 0.4) is 0 Å². The van der Waals surface area contributed by atoms with Crippen molar-refractivity contribution in [3.05, 3.63) is 65.0 Å². The molecule has 24 heavy (non-hydrogen) atoms. The third kappa shape index (κ3) is 3.16. The maximum absolute atomic E-state index is 4.54. The van der Waals surface area contributed by atoms with Gasteiger partial charge in [-0.3, -0.25) is 4.90 Å². The highest BCUT2D eigenvalue weighted by Crippen LogP contribution is 2.18. The van der Waals surface area contributed by atoms with Gasteiger partial charge >= 0.3 is 0 Å². The number of tetrazole rings is 1. The first-order chi connectivity index (χ1) is 11.8. The molecular weight excluding hydrogens is 302 g/mol. The molecule has 0 saturated heterocycles. The highest BCUT2D eigenvalue weighted by Gasteiger charge is 2.20. The molecule has 0 bridgehead atoms. The fraction of sp³-hybridized carbons (Fsp3) is 0.353. The van der Waals surface area contributed by atoms with Gasteiger partial charge in [-0.25, -0.2) is 14.6 Å². The predicted molar refractivity (Wildman–Crippen MR) is 87.9 cm³/mol. The average molecular weight is 321 g/mol. The quantitative estimate of drug-likeness (QED) is 0.723. The number of rotatable bonds is 4. The minimum atomic E-state index is 0.690. The second kappa shape index (κ2) is 6.45. The molecular formula is C17H19N7. The lowest BCUT2D eigenvalue weighted by atomic mass is 10.1. The molecule has 0 fully saturated rings. The van der Waals surface area contributed by atoms with Gasteiger partial charge in [0.1, 0.15) is 5.82 Å². The Labute approximate surface area is 140 Å². The van der Waals surface area contributed by atoms with Crippen molar-refractivity contribution in [2.24, 2.45) is 0 Å². The standard InChI is InChI=1S/C17H19N7/c1-13-18-9-15-11-23(8-7-16(15)19-13)12-17-20-21-22-24(17)10-14-5-3-2-4-6-14/h2-6,9H,7-8,10-12H2,1H3. The van der Waals surface area contributed by atoms with Gasteiger partial charge in [-0.05, 0) is 22.9 Å². The Bertz CT molecular complexity index is 828. The van der Waals surface area contributed by atoms with E-state index in [9.17, 15) is 0 Å². The van der Waals surface area contributed by atoms with E-state index in [-0.39, 0.29) is 0 Å². The van der Waals surface area contributed by atoms with Gasteiger partial charge in [-0.2, -0.15) is 0 Å². The Hall–Kier alpha value is -2.67. The number of nitrogens with zero attached hydrogens (tertiary/aromatic N) is 7. The van der Waals surface area contributed by atoms with Crippen LogP contribution in [0.15, 0.2) is 36.5 Å². The summed E-state index contributed by atoms with van der Waals surface area (Å²) in [4.78, 5) is 11.2. The van der Waals surface area contributed by atoms with E-state index < -0.39 is 0 Å². The molecule has 0 spiro atoms. The van der Waals surface area contributed by atoms with Gasteiger partial charge in [-0.15, -0.1) is 5.10 Å². The van der Waals surface area contributed by atoms with E-state index in [0.717, 1.165) is 37.7 Å². The maximum atomic E-state index is 4.54. The molecule has 0 unspecified atom stereocenters. The van der Waals surface area contributed by atoms with Crippen LogP contribution in [0, 0.1) is 6.92 Å². The molecule has 7 nitrogen and oxygen atoms in total. The molecule has 122 valence electrons. The summed E-state index contributed by atoms with van der Waals surface area (Å²) in [7, 11) is 0. The fourth-order valence-corrected chi connectivity index (χ4v) is 3.02. The molecule has 0 radical (unpaired) electrons. The van der Waals surface area contributed by atoms with Gasteiger partial charge in [-0.1, -0.05) is 30.3 Å². The molecule has 7 heteroatoms. The van der Waals surface area contributed by atoms with Gasteiger partial charge in [0.2, 0.25) is 0 Å². The van der Waals surface area contributed by atoms with E-state index in [1.165, 1.54) is 16.8 Å². The van der Waals surface area contributed by atoms with E-state index in [4.69, 9.17) is 0 Å². The first-order valence-electron chi connectivity index (χ1n) is 8.10. The normalized spacial score (nSPS) is 14.5. The van der Waals surface area contributed by atoms with Gasteiger partial charge in [0.05, 0.1) is 13.1 Å². The molecule has 1 aromatic carbocycles. The van der Waals surface area contributed by atoms with Crippen molar-refractivity contribution < 1.29 is 0 Å². The number of fused-ring (bicyclic) bond motifs is 1. The summed E-state index contributed by atoms with van der Waals surface area (Å²) in [6.07, 6.45) is 2.88. The lowest BCUT2D eigenvalue weighted by Crippen LogP contribution is -2.32. The Morgan fingerprint density at radius 2 is 2.00 bits per heavy atom. The first kappa shape index (κ1) is 14.9. The molecule has 0 atom stereocenters. The number of benzene rings is 1. The molecule has 0 aliphatic carbocycles. The summed E-state index contributed by atoms with van der Waals surface area (Å²) in [6.45, 7) is 5.16. The lowest BCUT2D eigenvalue weighted by Gasteiger charge is -2.27. The van der Waals surface area contributed by atoms with Crippen LogP contribution >= 0.6 is 0 Å². The minimum absolute atomic E-state index is 0.690. The third-order valence-corrected chi connectivity index (χ3v) is 4.28. The summed E-state index contributed by atoms with van der Waals surface area (Å²) in [5, 5.41) is 12.2. The topological polar surface area (TPSA) is 72.6 Å². The van der Waals surface area contributed by atoms with Crippen molar-refractivity contribution in [2.45, 2.75) is 33.0 Å². The van der Waals surface area contributed by atoms with Gasteiger partial charge in [0.15, 0.2) is 5.82 Å². The second-order valence-corrected chi connectivity index (χ2v) is 6.09. The van der Waals surface area contributed by atoms with Crippen molar-refractivity contribution in [3.63, 3.8) is 0 Å². The highest BCUT2D eigenvalue weighted by molar-refractivity contribution is 5.20. The summed E-state index contributed by atoms with van der Waals surface area (Å²) < 4.78 is 1.87. The number of aryl methyl sites for hydroxylation is 1. The molecule has 3 heterocycles. The predicted octanol–water partition coefficient (Wildman–Crippen LogP) is 1.38. The molecule has 3 aromatic rings. The smallest absolute Gasteiger partial charge is 0.165 e. The van der Waals surface area contributed by atoms with Crippen molar-refractivity contribution >= 4 is 0 Å². The fourth-order valence-electron chi connectivity index (χ4n) is 3.02. The van der Waals surface area contributed by atoms with Crippen molar-refractivity contribution in [1.82, 2.24) is 35.1 Å². The zero-order chi connectivity index (χ0) is 16.4. The second-order valence-electron chi connectivity index (χ2n) is 6.09. The first-order valence-corrected chi connectivity index (χ1v) is 8.10. The van der Waals surface area contributed by atoms with Crippen LogP contribution in [0.25, 0.3) is 0 Å². The Balaban J connectivity index is 1.47. The molecule has 4 rings (SSSR count). The van der Waals surface area contributed by atoms with Crippen LogP contribution in [0.2, 0.25) is 0 Å². The minimum Gasteiger partial charge on any atom is -0.291 e. The van der Waals surface area contributed by atoms with Crippen LogP contribution in [0.4, 0.5) is 0 Å². The van der Waals surface area contributed by atoms with Crippen LogP contribution in [0.1, 0.15) is 28.5 Å². The summed E-state index contributed by atoms with van der Waals surface area (Å²) in [5.74, 6) is 1.73. The SMILES string of the molecule is Cc1ncc2c(n1)CCN(Cc1nnnn1Cc1ccccc1)C2. The number of hydrogen-bond acceptors (Lipinski definition) is 6.